The van der Waals surface area contributed by atoms with E-state index in [-0.39, 0.29) is 0 Å². The predicted molar refractivity (Wildman–Crippen MR) is 58.2 cm³/mol. The summed E-state index contributed by atoms with van der Waals surface area (Å²) < 4.78 is 0. The highest BCUT2D eigenvalue weighted by Gasteiger charge is 2.38. The summed E-state index contributed by atoms with van der Waals surface area (Å²) in [6.07, 6.45) is 7.91. The van der Waals surface area contributed by atoms with E-state index in [9.17, 15) is 0 Å². The van der Waals surface area contributed by atoms with Gasteiger partial charge in [0.2, 0.25) is 0 Å². The van der Waals surface area contributed by atoms with Crippen LogP contribution in [-0.4, -0.2) is 36.2 Å². The summed E-state index contributed by atoms with van der Waals surface area (Å²) in [5.41, 5.74) is 0. The van der Waals surface area contributed by atoms with Crippen LogP contribution < -0.4 is 0 Å². The number of rotatable bonds is 5. The van der Waals surface area contributed by atoms with Crippen molar-refractivity contribution in [1.82, 2.24) is 4.90 Å². The fraction of sp³-hybridized carbons (Fsp3) is 1.00. The maximum Gasteiger partial charge on any atom is 0.0431 e. The van der Waals surface area contributed by atoms with Gasteiger partial charge in [0.05, 0.1) is 0 Å². The molecule has 14 heavy (non-hydrogen) atoms. The van der Waals surface area contributed by atoms with Crippen LogP contribution in [-0.2, 0) is 0 Å². The molecule has 2 unspecified atom stereocenters. The molecular weight excluding hydrogens is 174 g/mol. The van der Waals surface area contributed by atoms with Crippen LogP contribution in [0.3, 0.4) is 0 Å². The molecule has 1 N–H and O–H groups in total. The molecule has 2 aliphatic rings. The summed E-state index contributed by atoms with van der Waals surface area (Å²) >= 11 is 0. The Morgan fingerprint density at radius 1 is 1.36 bits per heavy atom. The van der Waals surface area contributed by atoms with Crippen molar-refractivity contribution in [2.45, 2.75) is 44.6 Å². The molecule has 2 rings (SSSR count). The van der Waals surface area contributed by atoms with E-state index >= 15 is 0 Å². The number of likely N-dealkylation sites (tertiary alicyclic amines) is 1. The summed E-state index contributed by atoms with van der Waals surface area (Å²) in [6, 6.07) is 0.828. The smallest absolute Gasteiger partial charge is 0.0431 e. The van der Waals surface area contributed by atoms with Crippen LogP contribution in [0.5, 0.6) is 0 Å². The predicted octanol–water partition coefficient (Wildman–Crippen LogP) is 1.88. The highest BCUT2D eigenvalue weighted by molar-refractivity contribution is 4.91. The van der Waals surface area contributed by atoms with Gasteiger partial charge in [-0.2, -0.15) is 0 Å². The average molecular weight is 197 g/mol. The Hall–Kier alpha value is -0.0800. The van der Waals surface area contributed by atoms with Gasteiger partial charge in [-0.25, -0.2) is 0 Å². The number of aliphatic hydroxyl groups excluding tert-OH is 1. The Bertz CT molecular complexity index is 179. The maximum absolute atomic E-state index is 8.91. The van der Waals surface area contributed by atoms with Gasteiger partial charge in [0.15, 0.2) is 0 Å². The first-order chi connectivity index (χ1) is 6.83. The van der Waals surface area contributed by atoms with Crippen LogP contribution in [0.15, 0.2) is 0 Å². The molecule has 1 aliphatic heterocycles. The van der Waals surface area contributed by atoms with E-state index in [1.54, 1.807) is 0 Å². The number of aliphatic hydroxyl groups is 1. The topological polar surface area (TPSA) is 23.5 Å². The molecule has 0 amide bonds. The van der Waals surface area contributed by atoms with Crippen molar-refractivity contribution in [3.63, 3.8) is 0 Å². The third-order valence-corrected chi connectivity index (χ3v) is 3.99. The van der Waals surface area contributed by atoms with Crippen LogP contribution in [0.4, 0.5) is 0 Å². The van der Waals surface area contributed by atoms with Gasteiger partial charge < -0.3 is 10.0 Å². The van der Waals surface area contributed by atoms with E-state index in [1.807, 2.05) is 0 Å². The summed E-state index contributed by atoms with van der Waals surface area (Å²) in [4.78, 5) is 2.54. The molecule has 0 spiro atoms. The summed E-state index contributed by atoms with van der Waals surface area (Å²) in [5, 5.41) is 8.91. The van der Waals surface area contributed by atoms with E-state index in [0.717, 1.165) is 24.3 Å². The zero-order valence-electron chi connectivity index (χ0n) is 9.28. The van der Waals surface area contributed by atoms with Crippen LogP contribution in [0.1, 0.15) is 38.5 Å². The minimum Gasteiger partial charge on any atom is -0.396 e. The summed E-state index contributed by atoms with van der Waals surface area (Å²) in [6.45, 7) is 1.66. The molecule has 0 bridgehead atoms. The molecule has 1 heterocycles. The highest BCUT2D eigenvalue weighted by Crippen LogP contribution is 2.44. The summed E-state index contributed by atoms with van der Waals surface area (Å²) in [5.74, 6) is 1.88. The van der Waals surface area contributed by atoms with Crippen molar-refractivity contribution in [3.8, 4) is 0 Å². The standard InChI is InChI=1S/C12H23NO/c1-13-8-2-5-12(13)11(4-3-9-14)10-6-7-10/h10-12,14H,2-9H2,1H3. The lowest BCUT2D eigenvalue weighted by atomic mass is 9.88. The third kappa shape index (κ3) is 2.29. The van der Waals surface area contributed by atoms with Crippen molar-refractivity contribution in [2.75, 3.05) is 20.2 Å². The monoisotopic (exact) mass is 197 g/mol. The van der Waals surface area contributed by atoms with E-state index in [4.69, 9.17) is 5.11 Å². The van der Waals surface area contributed by atoms with Gasteiger partial charge in [-0.15, -0.1) is 0 Å². The zero-order valence-corrected chi connectivity index (χ0v) is 9.28. The number of nitrogens with zero attached hydrogens (tertiary/aromatic N) is 1. The Morgan fingerprint density at radius 2 is 2.14 bits per heavy atom. The Balaban J connectivity index is 1.88. The quantitative estimate of drug-likeness (QED) is 0.727. The Kier molecular flexibility index (Phi) is 3.45. The Morgan fingerprint density at radius 3 is 2.64 bits per heavy atom. The van der Waals surface area contributed by atoms with Crippen LogP contribution in [0.2, 0.25) is 0 Å². The van der Waals surface area contributed by atoms with Gasteiger partial charge >= 0.3 is 0 Å². The van der Waals surface area contributed by atoms with Gasteiger partial charge in [-0.1, -0.05) is 0 Å². The van der Waals surface area contributed by atoms with Gasteiger partial charge in [0.25, 0.3) is 0 Å². The van der Waals surface area contributed by atoms with E-state index in [2.05, 4.69) is 11.9 Å². The average Bonchev–Trinajstić information content (AvgIpc) is 2.92. The van der Waals surface area contributed by atoms with Crippen LogP contribution >= 0.6 is 0 Å². The first-order valence-corrected chi connectivity index (χ1v) is 6.14. The lowest BCUT2D eigenvalue weighted by molar-refractivity contribution is 0.181. The molecule has 0 radical (unpaired) electrons. The maximum atomic E-state index is 8.91. The second kappa shape index (κ2) is 4.63. The normalized spacial score (nSPS) is 30.9. The number of hydrogen-bond donors (Lipinski definition) is 1. The highest BCUT2D eigenvalue weighted by atomic mass is 16.2. The molecule has 0 aromatic rings. The first-order valence-electron chi connectivity index (χ1n) is 6.14. The van der Waals surface area contributed by atoms with E-state index < -0.39 is 0 Å². The zero-order chi connectivity index (χ0) is 9.97. The molecule has 2 fully saturated rings. The van der Waals surface area contributed by atoms with Gasteiger partial charge in [-0.05, 0) is 64.0 Å². The van der Waals surface area contributed by atoms with E-state index in [1.165, 1.54) is 38.6 Å². The third-order valence-electron chi connectivity index (χ3n) is 3.99. The van der Waals surface area contributed by atoms with Crippen molar-refractivity contribution >= 4 is 0 Å². The molecule has 1 aliphatic carbocycles. The van der Waals surface area contributed by atoms with Crippen molar-refractivity contribution in [3.05, 3.63) is 0 Å². The second-order valence-corrected chi connectivity index (χ2v) is 5.06. The SMILES string of the molecule is CN1CCCC1C(CCCO)C1CC1. The van der Waals surface area contributed by atoms with Crippen molar-refractivity contribution < 1.29 is 5.11 Å². The lowest BCUT2D eigenvalue weighted by Crippen LogP contribution is -2.33. The largest absolute Gasteiger partial charge is 0.396 e. The lowest BCUT2D eigenvalue weighted by Gasteiger charge is -2.29. The molecular formula is C12H23NO. The minimum atomic E-state index is 0.375. The summed E-state index contributed by atoms with van der Waals surface area (Å²) in [7, 11) is 2.27. The van der Waals surface area contributed by atoms with Crippen molar-refractivity contribution in [1.29, 1.82) is 0 Å². The molecule has 82 valence electrons. The van der Waals surface area contributed by atoms with Gasteiger partial charge in [-0.3, -0.25) is 0 Å². The fourth-order valence-electron chi connectivity index (χ4n) is 3.07. The molecule has 1 saturated heterocycles. The minimum absolute atomic E-state index is 0.375. The molecule has 1 saturated carbocycles. The van der Waals surface area contributed by atoms with Crippen LogP contribution in [0.25, 0.3) is 0 Å². The molecule has 2 heteroatoms. The van der Waals surface area contributed by atoms with Crippen LogP contribution in [0, 0.1) is 11.8 Å². The first kappa shape index (κ1) is 10.4. The van der Waals surface area contributed by atoms with Crippen molar-refractivity contribution in [2.24, 2.45) is 11.8 Å². The molecule has 0 aromatic carbocycles. The molecule has 2 atom stereocenters. The number of hydrogen-bond acceptors (Lipinski definition) is 2. The Labute approximate surface area is 87.3 Å². The second-order valence-electron chi connectivity index (χ2n) is 5.06. The van der Waals surface area contributed by atoms with Gasteiger partial charge in [0, 0.05) is 12.6 Å². The van der Waals surface area contributed by atoms with Gasteiger partial charge in [0.1, 0.15) is 0 Å². The molecule has 0 aromatic heterocycles. The fourth-order valence-corrected chi connectivity index (χ4v) is 3.07. The molecule has 2 nitrogen and oxygen atoms in total. The van der Waals surface area contributed by atoms with E-state index in [0.29, 0.717) is 6.61 Å².